The minimum atomic E-state index is -0.274. The summed E-state index contributed by atoms with van der Waals surface area (Å²) in [6.45, 7) is 0. The zero-order valence-corrected chi connectivity index (χ0v) is 9.43. The van der Waals surface area contributed by atoms with Gasteiger partial charge in [-0.3, -0.25) is 0 Å². The van der Waals surface area contributed by atoms with Gasteiger partial charge in [0.25, 0.3) is 0 Å². The number of nitrogen functional groups attached to an aromatic ring is 3. The van der Waals surface area contributed by atoms with Crippen LogP contribution in [0, 0.1) is 0 Å². The van der Waals surface area contributed by atoms with Gasteiger partial charge in [0.15, 0.2) is 0 Å². The summed E-state index contributed by atoms with van der Waals surface area (Å²) in [5.74, 6) is 0. The summed E-state index contributed by atoms with van der Waals surface area (Å²) < 4.78 is 0. The second-order valence-electron chi connectivity index (χ2n) is 4.08. The Morgan fingerprint density at radius 3 is 1.88 bits per heavy atom. The third-order valence-electron chi connectivity index (χ3n) is 2.63. The van der Waals surface area contributed by atoms with Crippen LogP contribution in [0.25, 0.3) is 0 Å². The zero-order chi connectivity index (χ0) is 12.4. The van der Waals surface area contributed by atoms with E-state index in [-0.39, 0.29) is 6.04 Å². The van der Waals surface area contributed by atoms with Crippen LogP contribution in [0.5, 0.6) is 0 Å². The van der Waals surface area contributed by atoms with Crippen molar-refractivity contribution in [3.8, 4) is 0 Å². The molecular formula is C13H16N4. The lowest BCUT2D eigenvalue weighted by Crippen LogP contribution is -2.12. The van der Waals surface area contributed by atoms with Gasteiger partial charge in [-0.2, -0.15) is 0 Å². The third-order valence-corrected chi connectivity index (χ3v) is 2.63. The third kappa shape index (κ3) is 2.49. The summed E-state index contributed by atoms with van der Waals surface area (Å²) in [7, 11) is 0. The fourth-order valence-corrected chi connectivity index (χ4v) is 1.83. The molecule has 17 heavy (non-hydrogen) atoms. The molecule has 0 heterocycles. The Labute approximate surface area is 100 Å². The van der Waals surface area contributed by atoms with Gasteiger partial charge in [-0.15, -0.1) is 0 Å². The standard InChI is InChI=1S/C13H16N4/c14-10-3-1-2-8(4-10)13(17)9-5-11(15)7-12(16)6-9/h1-7,13H,14-17H2. The highest BCUT2D eigenvalue weighted by atomic mass is 14.7. The molecule has 1 unspecified atom stereocenters. The Morgan fingerprint density at radius 2 is 1.29 bits per heavy atom. The molecule has 1 atom stereocenters. The Bertz CT molecular complexity index is 516. The fourth-order valence-electron chi connectivity index (χ4n) is 1.83. The first kappa shape index (κ1) is 11.3. The van der Waals surface area contributed by atoms with Crippen molar-refractivity contribution in [3.05, 3.63) is 53.6 Å². The number of anilines is 3. The van der Waals surface area contributed by atoms with Crippen LogP contribution in [0.2, 0.25) is 0 Å². The first-order valence-corrected chi connectivity index (χ1v) is 5.33. The average Bonchev–Trinajstić information content (AvgIpc) is 2.26. The summed E-state index contributed by atoms with van der Waals surface area (Å²) in [4.78, 5) is 0. The fraction of sp³-hybridized carbons (Fsp3) is 0.0769. The van der Waals surface area contributed by atoms with E-state index < -0.39 is 0 Å². The van der Waals surface area contributed by atoms with Crippen LogP contribution in [0.3, 0.4) is 0 Å². The number of rotatable bonds is 2. The predicted molar refractivity (Wildman–Crippen MR) is 72.2 cm³/mol. The van der Waals surface area contributed by atoms with Crippen molar-refractivity contribution >= 4 is 17.1 Å². The van der Waals surface area contributed by atoms with Crippen LogP contribution in [0.4, 0.5) is 17.1 Å². The molecule has 0 aliphatic rings. The van der Waals surface area contributed by atoms with Crippen molar-refractivity contribution < 1.29 is 0 Å². The van der Waals surface area contributed by atoms with Crippen molar-refractivity contribution in [2.24, 2.45) is 5.73 Å². The Balaban J connectivity index is 2.39. The number of benzene rings is 2. The molecular weight excluding hydrogens is 212 g/mol. The summed E-state index contributed by atoms with van der Waals surface area (Å²) in [6, 6.07) is 12.6. The van der Waals surface area contributed by atoms with Crippen LogP contribution in [-0.2, 0) is 0 Å². The van der Waals surface area contributed by atoms with Gasteiger partial charge in [0.05, 0.1) is 6.04 Å². The van der Waals surface area contributed by atoms with E-state index in [1.807, 2.05) is 36.4 Å². The molecule has 0 spiro atoms. The van der Waals surface area contributed by atoms with Crippen LogP contribution >= 0.6 is 0 Å². The molecule has 4 nitrogen and oxygen atoms in total. The van der Waals surface area contributed by atoms with Gasteiger partial charge >= 0.3 is 0 Å². The van der Waals surface area contributed by atoms with Crippen LogP contribution in [0.15, 0.2) is 42.5 Å². The van der Waals surface area contributed by atoms with E-state index >= 15 is 0 Å². The zero-order valence-electron chi connectivity index (χ0n) is 9.43. The first-order chi connectivity index (χ1) is 8.06. The molecule has 2 rings (SSSR count). The average molecular weight is 228 g/mol. The second-order valence-corrected chi connectivity index (χ2v) is 4.08. The summed E-state index contributed by atoms with van der Waals surface area (Å²) in [5, 5.41) is 0. The Morgan fingerprint density at radius 1 is 0.706 bits per heavy atom. The molecule has 0 fully saturated rings. The van der Waals surface area contributed by atoms with Gasteiger partial charge in [-0.1, -0.05) is 12.1 Å². The molecule has 0 saturated heterocycles. The molecule has 0 aromatic heterocycles. The quantitative estimate of drug-likeness (QED) is 0.584. The predicted octanol–water partition coefficient (Wildman–Crippen LogP) is 1.48. The van der Waals surface area contributed by atoms with Crippen molar-refractivity contribution in [1.29, 1.82) is 0 Å². The molecule has 0 aliphatic heterocycles. The summed E-state index contributed by atoms with van der Waals surface area (Å²) >= 11 is 0. The van der Waals surface area contributed by atoms with E-state index in [0.29, 0.717) is 17.1 Å². The van der Waals surface area contributed by atoms with E-state index in [4.69, 9.17) is 22.9 Å². The maximum absolute atomic E-state index is 6.16. The number of hydrogen-bond donors (Lipinski definition) is 4. The minimum Gasteiger partial charge on any atom is -0.399 e. The summed E-state index contributed by atoms with van der Waals surface area (Å²) in [6.07, 6.45) is 0. The van der Waals surface area contributed by atoms with Crippen LogP contribution < -0.4 is 22.9 Å². The molecule has 0 aliphatic carbocycles. The second kappa shape index (κ2) is 4.35. The molecule has 2 aromatic rings. The highest BCUT2D eigenvalue weighted by Gasteiger charge is 2.10. The molecule has 0 radical (unpaired) electrons. The first-order valence-electron chi connectivity index (χ1n) is 5.33. The molecule has 0 amide bonds. The van der Waals surface area contributed by atoms with Gasteiger partial charge in [0.1, 0.15) is 0 Å². The molecule has 4 heteroatoms. The SMILES string of the molecule is Nc1cccc(C(N)c2cc(N)cc(N)c2)c1. The molecule has 8 N–H and O–H groups in total. The van der Waals surface area contributed by atoms with Gasteiger partial charge < -0.3 is 22.9 Å². The largest absolute Gasteiger partial charge is 0.399 e. The summed E-state index contributed by atoms with van der Waals surface area (Å²) in [5.41, 5.74) is 27.1. The van der Waals surface area contributed by atoms with E-state index in [0.717, 1.165) is 11.1 Å². The molecule has 2 aromatic carbocycles. The van der Waals surface area contributed by atoms with Gasteiger partial charge in [-0.25, -0.2) is 0 Å². The van der Waals surface area contributed by atoms with Crippen molar-refractivity contribution in [1.82, 2.24) is 0 Å². The highest BCUT2D eigenvalue weighted by Crippen LogP contribution is 2.24. The van der Waals surface area contributed by atoms with E-state index in [9.17, 15) is 0 Å². The van der Waals surface area contributed by atoms with Gasteiger partial charge in [0.2, 0.25) is 0 Å². The molecule has 0 bridgehead atoms. The highest BCUT2D eigenvalue weighted by molar-refractivity contribution is 5.56. The van der Waals surface area contributed by atoms with Crippen molar-refractivity contribution in [2.45, 2.75) is 6.04 Å². The minimum absolute atomic E-state index is 0.274. The lowest BCUT2D eigenvalue weighted by atomic mass is 9.98. The Hall–Kier alpha value is -2.20. The number of hydrogen-bond acceptors (Lipinski definition) is 4. The molecule has 0 saturated carbocycles. The monoisotopic (exact) mass is 228 g/mol. The normalized spacial score (nSPS) is 12.3. The Kier molecular flexibility index (Phi) is 2.89. The van der Waals surface area contributed by atoms with Gasteiger partial charge in [-0.05, 0) is 41.5 Å². The maximum atomic E-state index is 6.16. The maximum Gasteiger partial charge on any atom is 0.0553 e. The van der Waals surface area contributed by atoms with E-state index in [2.05, 4.69) is 0 Å². The van der Waals surface area contributed by atoms with E-state index in [1.165, 1.54) is 0 Å². The van der Waals surface area contributed by atoms with Crippen LogP contribution in [0.1, 0.15) is 17.2 Å². The smallest absolute Gasteiger partial charge is 0.0553 e. The van der Waals surface area contributed by atoms with Crippen LogP contribution in [-0.4, -0.2) is 0 Å². The lowest BCUT2D eigenvalue weighted by molar-refractivity contribution is 0.873. The van der Waals surface area contributed by atoms with E-state index in [1.54, 1.807) is 6.07 Å². The van der Waals surface area contributed by atoms with Crippen molar-refractivity contribution in [3.63, 3.8) is 0 Å². The van der Waals surface area contributed by atoms with Crippen molar-refractivity contribution in [2.75, 3.05) is 17.2 Å². The lowest BCUT2D eigenvalue weighted by Gasteiger charge is -2.14. The molecule has 88 valence electrons. The topological polar surface area (TPSA) is 104 Å². The number of nitrogens with two attached hydrogens (primary N) is 4. The van der Waals surface area contributed by atoms with Gasteiger partial charge in [0, 0.05) is 17.1 Å².